The fraction of sp³-hybridized carbons (Fsp3) is 0.500. The first-order chi connectivity index (χ1) is 8.56. The molecule has 1 aromatic carbocycles. The van der Waals surface area contributed by atoms with Gasteiger partial charge >= 0.3 is 0 Å². The summed E-state index contributed by atoms with van der Waals surface area (Å²) in [4.78, 5) is 10.5. The maximum atomic E-state index is 10.9. The summed E-state index contributed by atoms with van der Waals surface area (Å²) in [6, 6.07) is 4.67. The van der Waals surface area contributed by atoms with E-state index in [-0.39, 0.29) is 10.6 Å². The van der Waals surface area contributed by atoms with Crippen LogP contribution >= 0.6 is 23.4 Å². The van der Waals surface area contributed by atoms with Crippen LogP contribution in [0.4, 0.5) is 5.69 Å². The number of nitrogens with zero attached hydrogens (tertiary/aromatic N) is 1. The lowest BCUT2D eigenvalue weighted by Crippen LogP contribution is -2.25. The lowest BCUT2D eigenvalue weighted by molar-refractivity contribution is -0.385. The second-order valence-corrected chi connectivity index (χ2v) is 6.23. The van der Waals surface area contributed by atoms with E-state index in [2.05, 4.69) is 11.6 Å². The zero-order valence-corrected chi connectivity index (χ0v) is 11.7. The summed E-state index contributed by atoms with van der Waals surface area (Å²) in [5, 5.41) is 14.7. The highest BCUT2D eigenvalue weighted by Gasteiger charge is 2.41. The molecule has 1 saturated carbocycles. The van der Waals surface area contributed by atoms with Crippen molar-refractivity contribution < 1.29 is 4.92 Å². The Morgan fingerprint density at radius 3 is 2.83 bits per heavy atom. The van der Waals surface area contributed by atoms with E-state index in [0.717, 1.165) is 6.54 Å². The summed E-state index contributed by atoms with van der Waals surface area (Å²) in [7, 11) is 0. The van der Waals surface area contributed by atoms with Gasteiger partial charge < -0.3 is 5.32 Å². The molecule has 98 valence electrons. The van der Waals surface area contributed by atoms with E-state index in [1.165, 1.54) is 18.9 Å². The van der Waals surface area contributed by atoms with Crippen LogP contribution in [-0.4, -0.2) is 22.5 Å². The zero-order chi connectivity index (χ0) is 13.2. The Morgan fingerprint density at radius 1 is 1.56 bits per heavy atom. The zero-order valence-electron chi connectivity index (χ0n) is 10.1. The number of benzene rings is 1. The van der Waals surface area contributed by atoms with Gasteiger partial charge in [-0.15, -0.1) is 0 Å². The van der Waals surface area contributed by atoms with Gasteiger partial charge in [-0.1, -0.05) is 11.6 Å². The van der Waals surface area contributed by atoms with Crippen LogP contribution in [0.25, 0.3) is 0 Å². The Bertz CT molecular complexity index is 463. The number of halogens is 1. The monoisotopic (exact) mass is 286 g/mol. The van der Waals surface area contributed by atoms with Gasteiger partial charge in [-0.2, -0.15) is 11.8 Å². The summed E-state index contributed by atoms with van der Waals surface area (Å²) in [5.74, 6) is 0. The minimum absolute atomic E-state index is 0.126. The van der Waals surface area contributed by atoms with Crippen molar-refractivity contribution in [3.05, 3.63) is 38.9 Å². The summed E-state index contributed by atoms with van der Waals surface area (Å²) in [5.41, 5.74) is 0.769. The molecule has 1 fully saturated rings. The van der Waals surface area contributed by atoms with E-state index in [9.17, 15) is 10.1 Å². The van der Waals surface area contributed by atoms with Gasteiger partial charge in [0.2, 0.25) is 0 Å². The van der Waals surface area contributed by atoms with Crippen molar-refractivity contribution in [3.8, 4) is 0 Å². The van der Waals surface area contributed by atoms with Gasteiger partial charge in [0.15, 0.2) is 0 Å². The number of nitrogens with one attached hydrogen (secondary N) is 1. The molecule has 6 heteroatoms. The maximum absolute atomic E-state index is 10.9. The van der Waals surface area contributed by atoms with Crippen LogP contribution in [-0.2, 0) is 6.54 Å². The minimum Gasteiger partial charge on any atom is -0.311 e. The Hall–Kier alpha value is -0.780. The van der Waals surface area contributed by atoms with E-state index in [1.807, 2.05) is 11.8 Å². The number of hydrogen-bond acceptors (Lipinski definition) is 4. The van der Waals surface area contributed by atoms with Crippen molar-refractivity contribution in [2.24, 2.45) is 0 Å². The molecule has 0 aromatic heterocycles. The SMILES string of the molecule is CSC1(CNCc2cc(Cl)ccc2[N+](=O)[O-])CC1. The van der Waals surface area contributed by atoms with Crippen LogP contribution in [0.5, 0.6) is 0 Å². The van der Waals surface area contributed by atoms with Crippen molar-refractivity contribution in [2.75, 3.05) is 12.8 Å². The van der Waals surface area contributed by atoms with Crippen molar-refractivity contribution in [1.82, 2.24) is 5.32 Å². The highest BCUT2D eigenvalue weighted by Crippen LogP contribution is 2.46. The van der Waals surface area contributed by atoms with Crippen molar-refractivity contribution in [3.63, 3.8) is 0 Å². The molecule has 0 bridgehead atoms. The number of hydrogen-bond donors (Lipinski definition) is 1. The largest absolute Gasteiger partial charge is 0.311 e. The molecule has 0 heterocycles. The lowest BCUT2D eigenvalue weighted by atomic mass is 10.2. The standard InChI is InChI=1S/C12H15ClN2O2S/c1-18-12(4-5-12)8-14-7-9-6-10(13)2-3-11(9)15(16)17/h2-3,6,14H,4-5,7-8H2,1H3. The van der Waals surface area contributed by atoms with Gasteiger partial charge in [0.1, 0.15) is 0 Å². The number of thioether (sulfide) groups is 1. The second kappa shape index (κ2) is 5.47. The molecule has 0 atom stereocenters. The quantitative estimate of drug-likeness (QED) is 0.644. The van der Waals surface area contributed by atoms with Gasteiger partial charge in [-0.3, -0.25) is 10.1 Å². The van der Waals surface area contributed by atoms with E-state index in [4.69, 9.17) is 11.6 Å². The highest BCUT2D eigenvalue weighted by molar-refractivity contribution is 8.00. The van der Waals surface area contributed by atoms with Crippen molar-refractivity contribution in [1.29, 1.82) is 0 Å². The summed E-state index contributed by atoms with van der Waals surface area (Å²) < 4.78 is 0.355. The average molecular weight is 287 g/mol. The predicted octanol–water partition coefficient (Wildman–Crippen LogP) is 3.23. The van der Waals surface area contributed by atoms with Gasteiger partial charge in [0, 0.05) is 34.5 Å². The molecule has 0 unspecified atom stereocenters. The Labute approximate surface area is 115 Å². The van der Waals surface area contributed by atoms with E-state index >= 15 is 0 Å². The third kappa shape index (κ3) is 3.16. The summed E-state index contributed by atoms with van der Waals surface area (Å²) in [6.07, 6.45) is 4.55. The lowest BCUT2D eigenvalue weighted by Gasteiger charge is -2.13. The van der Waals surface area contributed by atoms with Gasteiger partial charge in [0.05, 0.1) is 4.92 Å². The van der Waals surface area contributed by atoms with Gasteiger partial charge in [0.25, 0.3) is 5.69 Å². The molecule has 1 N–H and O–H groups in total. The Morgan fingerprint density at radius 2 is 2.28 bits per heavy atom. The molecule has 1 aliphatic carbocycles. The smallest absolute Gasteiger partial charge is 0.273 e. The molecule has 0 saturated heterocycles. The summed E-state index contributed by atoms with van der Waals surface area (Å²) in [6.45, 7) is 1.37. The predicted molar refractivity (Wildman–Crippen MR) is 75.3 cm³/mol. The van der Waals surface area contributed by atoms with Gasteiger partial charge in [-0.25, -0.2) is 0 Å². The molecule has 4 nitrogen and oxygen atoms in total. The molecular formula is C12H15ClN2O2S. The first kappa shape index (κ1) is 13.6. The summed E-state index contributed by atoms with van der Waals surface area (Å²) >= 11 is 7.74. The molecular weight excluding hydrogens is 272 g/mol. The first-order valence-corrected chi connectivity index (χ1v) is 7.35. The van der Waals surface area contributed by atoms with Crippen LogP contribution < -0.4 is 5.32 Å². The fourth-order valence-corrected chi connectivity index (χ4v) is 2.84. The molecule has 2 rings (SSSR count). The molecule has 0 spiro atoms. The Balaban J connectivity index is 1.99. The molecule has 1 aromatic rings. The first-order valence-electron chi connectivity index (χ1n) is 5.75. The normalized spacial score (nSPS) is 16.6. The van der Waals surface area contributed by atoms with Crippen LogP contribution in [0.1, 0.15) is 18.4 Å². The van der Waals surface area contributed by atoms with Crippen LogP contribution in [0.15, 0.2) is 18.2 Å². The van der Waals surface area contributed by atoms with Crippen molar-refractivity contribution >= 4 is 29.1 Å². The topological polar surface area (TPSA) is 55.2 Å². The molecule has 18 heavy (non-hydrogen) atoms. The number of nitro groups is 1. The van der Waals surface area contributed by atoms with E-state index in [1.54, 1.807) is 12.1 Å². The number of nitro benzene ring substituents is 1. The van der Waals surface area contributed by atoms with E-state index in [0.29, 0.717) is 21.9 Å². The average Bonchev–Trinajstić information content (AvgIpc) is 3.09. The van der Waals surface area contributed by atoms with Gasteiger partial charge in [-0.05, 0) is 31.2 Å². The Kier molecular flexibility index (Phi) is 4.14. The molecule has 0 aliphatic heterocycles. The van der Waals surface area contributed by atoms with Crippen molar-refractivity contribution in [2.45, 2.75) is 24.1 Å². The van der Waals surface area contributed by atoms with Crippen LogP contribution in [0.2, 0.25) is 5.02 Å². The number of rotatable bonds is 6. The minimum atomic E-state index is -0.366. The van der Waals surface area contributed by atoms with Crippen LogP contribution in [0.3, 0.4) is 0 Å². The molecule has 1 aliphatic rings. The highest BCUT2D eigenvalue weighted by atomic mass is 35.5. The molecule has 0 radical (unpaired) electrons. The second-order valence-electron chi connectivity index (χ2n) is 4.52. The fourth-order valence-electron chi connectivity index (χ4n) is 1.89. The third-order valence-corrected chi connectivity index (χ3v) is 4.90. The van der Waals surface area contributed by atoms with Crippen LogP contribution in [0, 0.1) is 10.1 Å². The molecule has 0 amide bonds. The van der Waals surface area contributed by atoms with E-state index < -0.39 is 0 Å². The third-order valence-electron chi connectivity index (χ3n) is 3.24. The maximum Gasteiger partial charge on any atom is 0.273 e.